The number of aldehydes is 1. The van der Waals surface area contributed by atoms with E-state index >= 15 is 0 Å². The van der Waals surface area contributed by atoms with E-state index in [1.54, 1.807) is 18.3 Å². The predicted octanol–water partition coefficient (Wildman–Crippen LogP) is 2.18. The van der Waals surface area contributed by atoms with Crippen LogP contribution in [-0.2, 0) is 6.54 Å². The molecule has 3 heteroatoms. The summed E-state index contributed by atoms with van der Waals surface area (Å²) in [5.41, 5.74) is 1.44. The molecule has 1 aromatic heterocycles. The first-order valence-corrected chi connectivity index (χ1v) is 4.54. The molecule has 1 heterocycles. The van der Waals surface area contributed by atoms with Crippen LogP contribution >= 0.6 is 0 Å². The number of carbonyl (C=O) groups excluding carboxylic acids is 1. The van der Waals surface area contributed by atoms with Gasteiger partial charge in [0.15, 0.2) is 6.29 Å². The summed E-state index contributed by atoms with van der Waals surface area (Å²) in [7, 11) is 0. The summed E-state index contributed by atoms with van der Waals surface area (Å²) in [6, 6.07) is 5.26. The van der Waals surface area contributed by atoms with Crippen molar-refractivity contribution in [1.82, 2.24) is 4.57 Å². The predicted molar refractivity (Wildman–Crippen MR) is 54.7 cm³/mol. The third kappa shape index (κ3) is 1.09. The molecule has 0 radical (unpaired) electrons. The molecule has 0 aliphatic rings. The third-order valence-electron chi connectivity index (χ3n) is 2.38. The highest BCUT2D eigenvalue weighted by Crippen LogP contribution is 2.28. The summed E-state index contributed by atoms with van der Waals surface area (Å²) in [6.07, 6.45) is 2.53. The van der Waals surface area contributed by atoms with Crippen molar-refractivity contribution in [2.75, 3.05) is 0 Å². The number of nitrogens with zero attached hydrogens (tertiary/aromatic N) is 1. The molecule has 0 aliphatic carbocycles. The summed E-state index contributed by atoms with van der Waals surface area (Å²) in [5.74, 6) is 0.164. The number of fused-ring (bicyclic) bond motifs is 1. The van der Waals surface area contributed by atoms with Crippen molar-refractivity contribution in [3.8, 4) is 5.75 Å². The molecule has 0 unspecified atom stereocenters. The van der Waals surface area contributed by atoms with Gasteiger partial charge in [-0.2, -0.15) is 0 Å². The maximum absolute atomic E-state index is 10.8. The Morgan fingerprint density at radius 2 is 2.29 bits per heavy atom. The molecule has 0 spiro atoms. The van der Waals surface area contributed by atoms with Crippen LogP contribution in [0.4, 0.5) is 0 Å². The number of benzene rings is 1. The van der Waals surface area contributed by atoms with Crippen molar-refractivity contribution in [3.05, 3.63) is 30.0 Å². The van der Waals surface area contributed by atoms with E-state index in [-0.39, 0.29) is 5.75 Å². The standard InChI is InChI=1S/C11H11NO2/c1-2-12-6-8(7-13)11-9(12)4-3-5-10(11)14/h3-7,14H,2H2,1H3. The zero-order chi connectivity index (χ0) is 10.1. The van der Waals surface area contributed by atoms with Crippen LogP contribution in [-0.4, -0.2) is 16.0 Å². The van der Waals surface area contributed by atoms with Crippen molar-refractivity contribution in [2.45, 2.75) is 13.5 Å². The number of aromatic nitrogens is 1. The molecule has 0 bridgehead atoms. The summed E-state index contributed by atoms with van der Waals surface area (Å²) in [4.78, 5) is 10.8. The van der Waals surface area contributed by atoms with E-state index in [2.05, 4.69) is 0 Å². The lowest BCUT2D eigenvalue weighted by Crippen LogP contribution is -1.89. The Morgan fingerprint density at radius 3 is 2.93 bits per heavy atom. The summed E-state index contributed by atoms with van der Waals surface area (Å²) >= 11 is 0. The molecule has 14 heavy (non-hydrogen) atoms. The molecule has 0 fully saturated rings. The number of hydrogen-bond acceptors (Lipinski definition) is 2. The highest BCUT2D eigenvalue weighted by molar-refractivity contribution is 6.01. The number of carbonyl (C=O) groups is 1. The lowest BCUT2D eigenvalue weighted by atomic mass is 10.2. The first-order chi connectivity index (χ1) is 6.77. The van der Waals surface area contributed by atoms with Crippen LogP contribution in [0.5, 0.6) is 5.75 Å². The molecule has 0 aliphatic heterocycles. The maximum Gasteiger partial charge on any atom is 0.152 e. The van der Waals surface area contributed by atoms with Crippen LogP contribution in [0, 0.1) is 0 Å². The molecule has 1 N–H and O–H groups in total. The van der Waals surface area contributed by atoms with Gasteiger partial charge in [-0.1, -0.05) is 6.07 Å². The number of aromatic hydroxyl groups is 1. The summed E-state index contributed by atoms with van der Waals surface area (Å²) in [6.45, 7) is 2.78. The Balaban J connectivity index is 2.89. The smallest absolute Gasteiger partial charge is 0.152 e. The van der Waals surface area contributed by atoms with Crippen LogP contribution in [0.1, 0.15) is 17.3 Å². The average Bonchev–Trinajstić information content (AvgIpc) is 2.57. The van der Waals surface area contributed by atoms with Gasteiger partial charge < -0.3 is 9.67 Å². The molecule has 0 saturated heterocycles. The number of rotatable bonds is 2. The van der Waals surface area contributed by atoms with E-state index in [1.807, 2.05) is 17.6 Å². The molecule has 2 aromatic rings. The fraction of sp³-hybridized carbons (Fsp3) is 0.182. The normalized spacial score (nSPS) is 10.6. The van der Waals surface area contributed by atoms with E-state index in [0.717, 1.165) is 18.3 Å². The van der Waals surface area contributed by atoms with Crippen molar-refractivity contribution in [3.63, 3.8) is 0 Å². The molecule has 0 saturated carbocycles. The minimum Gasteiger partial charge on any atom is -0.507 e. The Bertz CT molecular complexity index is 485. The summed E-state index contributed by atoms with van der Waals surface area (Å²) < 4.78 is 1.94. The van der Waals surface area contributed by atoms with E-state index in [0.29, 0.717) is 10.9 Å². The highest BCUT2D eigenvalue weighted by atomic mass is 16.3. The Hall–Kier alpha value is -1.77. The minimum absolute atomic E-state index is 0.164. The van der Waals surface area contributed by atoms with Crippen molar-refractivity contribution in [1.29, 1.82) is 0 Å². The van der Waals surface area contributed by atoms with Gasteiger partial charge in [-0.05, 0) is 19.1 Å². The first kappa shape index (κ1) is 8.81. The zero-order valence-electron chi connectivity index (χ0n) is 7.90. The van der Waals surface area contributed by atoms with Gasteiger partial charge in [0.1, 0.15) is 5.75 Å². The molecule has 0 atom stereocenters. The fourth-order valence-electron chi connectivity index (χ4n) is 1.72. The van der Waals surface area contributed by atoms with Crippen LogP contribution in [0.15, 0.2) is 24.4 Å². The fourth-order valence-corrected chi connectivity index (χ4v) is 1.72. The summed E-state index contributed by atoms with van der Waals surface area (Å²) in [5, 5.41) is 10.3. The quantitative estimate of drug-likeness (QED) is 0.736. The van der Waals surface area contributed by atoms with Crippen molar-refractivity contribution >= 4 is 17.2 Å². The van der Waals surface area contributed by atoms with Gasteiger partial charge in [-0.3, -0.25) is 4.79 Å². The van der Waals surface area contributed by atoms with Gasteiger partial charge in [0.25, 0.3) is 0 Å². The molecule has 72 valence electrons. The second-order valence-electron chi connectivity index (χ2n) is 3.16. The van der Waals surface area contributed by atoms with Crippen molar-refractivity contribution < 1.29 is 9.90 Å². The average molecular weight is 189 g/mol. The van der Waals surface area contributed by atoms with Crippen LogP contribution in [0.2, 0.25) is 0 Å². The first-order valence-electron chi connectivity index (χ1n) is 4.54. The van der Waals surface area contributed by atoms with Crippen LogP contribution in [0.25, 0.3) is 10.9 Å². The number of aryl methyl sites for hydroxylation is 1. The number of phenols is 1. The molecule has 2 rings (SSSR count). The topological polar surface area (TPSA) is 42.2 Å². The SMILES string of the molecule is CCn1cc(C=O)c2c(O)cccc21. The second-order valence-corrected chi connectivity index (χ2v) is 3.16. The highest BCUT2D eigenvalue weighted by Gasteiger charge is 2.09. The lowest BCUT2D eigenvalue weighted by Gasteiger charge is -2.00. The Kier molecular flexibility index (Phi) is 2.00. The van der Waals surface area contributed by atoms with Gasteiger partial charge in [-0.25, -0.2) is 0 Å². The van der Waals surface area contributed by atoms with Gasteiger partial charge in [0.2, 0.25) is 0 Å². The van der Waals surface area contributed by atoms with E-state index in [9.17, 15) is 9.90 Å². The zero-order valence-corrected chi connectivity index (χ0v) is 7.90. The van der Waals surface area contributed by atoms with E-state index < -0.39 is 0 Å². The van der Waals surface area contributed by atoms with Gasteiger partial charge in [0, 0.05) is 18.3 Å². The minimum atomic E-state index is 0.164. The van der Waals surface area contributed by atoms with Crippen LogP contribution in [0.3, 0.4) is 0 Å². The second kappa shape index (κ2) is 3.18. The molecular weight excluding hydrogens is 178 g/mol. The number of phenolic OH excluding ortho intramolecular Hbond substituents is 1. The Morgan fingerprint density at radius 1 is 1.50 bits per heavy atom. The maximum atomic E-state index is 10.8. The van der Waals surface area contributed by atoms with Gasteiger partial charge in [0.05, 0.1) is 10.9 Å². The van der Waals surface area contributed by atoms with Crippen LogP contribution < -0.4 is 0 Å². The largest absolute Gasteiger partial charge is 0.507 e. The molecular formula is C11H11NO2. The third-order valence-corrected chi connectivity index (χ3v) is 2.38. The van der Waals surface area contributed by atoms with Crippen molar-refractivity contribution in [2.24, 2.45) is 0 Å². The van der Waals surface area contributed by atoms with E-state index in [4.69, 9.17) is 0 Å². The monoisotopic (exact) mass is 189 g/mol. The lowest BCUT2D eigenvalue weighted by molar-refractivity contribution is 0.112. The molecule has 0 amide bonds. The number of hydrogen-bond donors (Lipinski definition) is 1. The van der Waals surface area contributed by atoms with Gasteiger partial charge in [-0.15, -0.1) is 0 Å². The van der Waals surface area contributed by atoms with Gasteiger partial charge >= 0.3 is 0 Å². The molecule has 1 aromatic carbocycles. The molecule has 3 nitrogen and oxygen atoms in total. The van der Waals surface area contributed by atoms with E-state index in [1.165, 1.54) is 0 Å². The Labute approximate surface area is 81.6 Å².